The minimum absolute atomic E-state index is 0.0728. The molecule has 2 aromatic heterocycles. The fourth-order valence-electron chi connectivity index (χ4n) is 2.92. The molecule has 0 spiro atoms. The predicted molar refractivity (Wildman–Crippen MR) is 118 cm³/mol. The molecule has 33 heavy (non-hydrogen) atoms. The van der Waals surface area contributed by atoms with Crippen LogP contribution in [-0.4, -0.2) is 25.9 Å². The zero-order chi connectivity index (χ0) is 23.6. The SMILES string of the molecule is Cc1cc(=O)c(C(=O)Nc2ccccc2Sc2nncs2)nn1-c1cccc(C(F)(F)F)c1. The van der Waals surface area contributed by atoms with Crippen LogP contribution in [0.3, 0.4) is 0 Å². The molecule has 7 nitrogen and oxygen atoms in total. The topological polar surface area (TPSA) is 89.8 Å². The van der Waals surface area contributed by atoms with Gasteiger partial charge in [-0.25, -0.2) is 4.68 Å². The molecule has 12 heteroatoms. The van der Waals surface area contributed by atoms with E-state index in [0.717, 1.165) is 22.9 Å². The molecule has 0 unspecified atom stereocenters. The second-order valence-electron chi connectivity index (χ2n) is 6.72. The number of nitrogens with zero attached hydrogens (tertiary/aromatic N) is 4. The summed E-state index contributed by atoms with van der Waals surface area (Å²) in [5, 5.41) is 14.4. The highest BCUT2D eigenvalue weighted by atomic mass is 32.2. The minimum atomic E-state index is -4.54. The molecular weight excluding hydrogens is 475 g/mol. The molecule has 0 radical (unpaired) electrons. The fraction of sp³-hybridized carbons (Fsp3) is 0.0952. The molecule has 0 fully saturated rings. The number of alkyl halides is 3. The minimum Gasteiger partial charge on any atom is -0.319 e. The lowest BCUT2D eigenvalue weighted by Crippen LogP contribution is -2.27. The van der Waals surface area contributed by atoms with E-state index in [4.69, 9.17) is 0 Å². The number of anilines is 1. The van der Waals surface area contributed by atoms with Crippen molar-refractivity contribution in [1.29, 1.82) is 0 Å². The first-order chi connectivity index (χ1) is 15.7. The molecule has 0 aliphatic carbocycles. The zero-order valence-corrected chi connectivity index (χ0v) is 18.5. The van der Waals surface area contributed by atoms with Gasteiger partial charge in [0.25, 0.3) is 5.91 Å². The summed E-state index contributed by atoms with van der Waals surface area (Å²) < 4.78 is 41.2. The van der Waals surface area contributed by atoms with Gasteiger partial charge in [-0.3, -0.25) is 9.59 Å². The van der Waals surface area contributed by atoms with E-state index in [2.05, 4.69) is 20.6 Å². The van der Waals surface area contributed by atoms with Crippen molar-refractivity contribution in [1.82, 2.24) is 20.0 Å². The van der Waals surface area contributed by atoms with Gasteiger partial charge in [0.1, 0.15) is 5.51 Å². The smallest absolute Gasteiger partial charge is 0.319 e. The Bertz CT molecular complexity index is 1370. The highest BCUT2D eigenvalue weighted by Crippen LogP contribution is 2.34. The maximum absolute atomic E-state index is 13.1. The summed E-state index contributed by atoms with van der Waals surface area (Å²) in [5.74, 6) is -0.786. The van der Waals surface area contributed by atoms with Crippen LogP contribution in [0, 0.1) is 6.92 Å². The molecule has 0 saturated carbocycles. The number of aryl methyl sites for hydroxylation is 1. The Kier molecular flexibility index (Phi) is 6.29. The Labute approximate surface area is 193 Å². The number of aromatic nitrogens is 4. The average molecular weight is 490 g/mol. The summed E-state index contributed by atoms with van der Waals surface area (Å²) >= 11 is 2.62. The molecule has 4 aromatic rings. The second-order valence-corrected chi connectivity index (χ2v) is 8.84. The van der Waals surface area contributed by atoms with Crippen LogP contribution in [-0.2, 0) is 6.18 Å². The molecule has 2 heterocycles. The van der Waals surface area contributed by atoms with Crippen LogP contribution in [0.1, 0.15) is 21.7 Å². The van der Waals surface area contributed by atoms with Gasteiger partial charge in [-0.1, -0.05) is 41.3 Å². The maximum Gasteiger partial charge on any atom is 0.416 e. The monoisotopic (exact) mass is 489 g/mol. The number of benzene rings is 2. The predicted octanol–water partition coefficient (Wildman–Crippen LogP) is 4.81. The van der Waals surface area contributed by atoms with Crippen LogP contribution in [0.15, 0.2) is 74.1 Å². The third-order valence-corrected chi connectivity index (χ3v) is 6.27. The van der Waals surface area contributed by atoms with E-state index in [1.54, 1.807) is 29.8 Å². The van der Waals surface area contributed by atoms with Gasteiger partial charge in [0, 0.05) is 16.7 Å². The lowest BCUT2D eigenvalue weighted by molar-refractivity contribution is -0.137. The summed E-state index contributed by atoms with van der Waals surface area (Å²) in [6.45, 7) is 1.52. The van der Waals surface area contributed by atoms with Gasteiger partial charge in [0.2, 0.25) is 5.43 Å². The maximum atomic E-state index is 13.1. The van der Waals surface area contributed by atoms with Gasteiger partial charge in [0.05, 0.1) is 16.9 Å². The highest BCUT2D eigenvalue weighted by molar-refractivity contribution is 8.01. The Hall–Kier alpha value is -3.51. The molecule has 2 aromatic carbocycles. The number of hydrogen-bond donors (Lipinski definition) is 1. The van der Waals surface area contributed by atoms with Gasteiger partial charge in [-0.15, -0.1) is 10.2 Å². The van der Waals surface area contributed by atoms with E-state index in [9.17, 15) is 22.8 Å². The Balaban J connectivity index is 1.67. The molecule has 4 rings (SSSR count). The molecule has 0 atom stereocenters. The summed E-state index contributed by atoms with van der Waals surface area (Å²) in [4.78, 5) is 26.1. The normalized spacial score (nSPS) is 11.4. The first kappa shape index (κ1) is 22.7. The standard InChI is InChI=1S/C21H14F3N5O2S2/c1-12-9-16(30)18(28-29(12)14-6-4-5-13(10-14)21(22,23)24)19(31)26-15-7-2-3-8-17(15)33-20-27-25-11-32-20/h2-11H,1H3,(H,26,31). The van der Waals surface area contributed by atoms with Gasteiger partial charge in [-0.2, -0.15) is 18.3 Å². The summed E-state index contributed by atoms with van der Waals surface area (Å²) in [7, 11) is 0. The van der Waals surface area contributed by atoms with Crippen LogP contribution in [0.4, 0.5) is 18.9 Å². The Morgan fingerprint density at radius 2 is 1.91 bits per heavy atom. The number of carbonyl (C=O) groups excluding carboxylic acids is 1. The molecule has 0 aliphatic heterocycles. The summed E-state index contributed by atoms with van der Waals surface area (Å²) in [6.07, 6.45) is -4.54. The number of halogens is 3. The first-order valence-electron chi connectivity index (χ1n) is 9.35. The van der Waals surface area contributed by atoms with Gasteiger partial charge < -0.3 is 5.32 Å². The lowest BCUT2D eigenvalue weighted by atomic mass is 10.2. The number of para-hydroxylation sites is 1. The van der Waals surface area contributed by atoms with Crippen LogP contribution in [0.5, 0.6) is 0 Å². The van der Waals surface area contributed by atoms with Crippen molar-refractivity contribution in [2.45, 2.75) is 22.3 Å². The van der Waals surface area contributed by atoms with Crippen molar-refractivity contribution >= 4 is 34.7 Å². The van der Waals surface area contributed by atoms with Crippen LogP contribution in [0.2, 0.25) is 0 Å². The molecule has 1 amide bonds. The lowest BCUT2D eigenvalue weighted by Gasteiger charge is -2.14. The van der Waals surface area contributed by atoms with E-state index in [1.165, 1.54) is 42.2 Å². The second kappa shape index (κ2) is 9.16. The van der Waals surface area contributed by atoms with Crippen molar-refractivity contribution in [2.75, 3.05) is 5.32 Å². The van der Waals surface area contributed by atoms with Crippen molar-refractivity contribution in [2.24, 2.45) is 0 Å². The van der Waals surface area contributed by atoms with E-state index < -0.39 is 28.8 Å². The van der Waals surface area contributed by atoms with E-state index in [0.29, 0.717) is 14.9 Å². The molecule has 0 aliphatic rings. The number of hydrogen-bond acceptors (Lipinski definition) is 7. The van der Waals surface area contributed by atoms with Crippen molar-refractivity contribution < 1.29 is 18.0 Å². The zero-order valence-electron chi connectivity index (χ0n) is 16.8. The van der Waals surface area contributed by atoms with Gasteiger partial charge in [0.15, 0.2) is 10.0 Å². The molecule has 0 saturated heterocycles. The molecular formula is C21H14F3N5O2S2. The third-order valence-electron chi connectivity index (χ3n) is 4.41. The van der Waals surface area contributed by atoms with Crippen molar-refractivity contribution in [3.05, 3.63) is 87.3 Å². The Morgan fingerprint density at radius 1 is 1.12 bits per heavy atom. The summed E-state index contributed by atoms with van der Waals surface area (Å²) in [5.41, 5.74) is 0.391. The molecule has 1 N–H and O–H groups in total. The number of nitrogens with one attached hydrogen (secondary N) is 1. The van der Waals surface area contributed by atoms with Crippen molar-refractivity contribution in [3.63, 3.8) is 0 Å². The van der Waals surface area contributed by atoms with E-state index in [-0.39, 0.29) is 11.4 Å². The number of amides is 1. The number of carbonyl (C=O) groups is 1. The van der Waals surface area contributed by atoms with Crippen LogP contribution in [0.25, 0.3) is 5.69 Å². The van der Waals surface area contributed by atoms with Crippen LogP contribution >= 0.6 is 23.1 Å². The van der Waals surface area contributed by atoms with E-state index >= 15 is 0 Å². The van der Waals surface area contributed by atoms with Gasteiger partial charge in [-0.05, 0) is 37.3 Å². The van der Waals surface area contributed by atoms with Gasteiger partial charge >= 0.3 is 6.18 Å². The van der Waals surface area contributed by atoms with E-state index in [1.807, 2.05) is 0 Å². The van der Waals surface area contributed by atoms with Crippen molar-refractivity contribution in [3.8, 4) is 5.69 Å². The van der Waals surface area contributed by atoms with Crippen LogP contribution < -0.4 is 10.7 Å². The fourth-order valence-corrected chi connectivity index (χ4v) is 4.44. The molecule has 168 valence electrons. The number of rotatable bonds is 5. The largest absolute Gasteiger partial charge is 0.416 e. The third kappa shape index (κ3) is 5.12. The molecule has 0 bridgehead atoms. The summed E-state index contributed by atoms with van der Waals surface area (Å²) in [6, 6.07) is 12.6. The first-order valence-corrected chi connectivity index (χ1v) is 11.0. The quantitative estimate of drug-likeness (QED) is 0.433. The Morgan fingerprint density at radius 3 is 2.64 bits per heavy atom. The average Bonchev–Trinajstić information content (AvgIpc) is 3.28. The highest BCUT2D eigenvalue weighted by Gasteiger charge is 2.30.